The normalized spacial score (nSPS) is 20.3. The predicted molar refractivity (Wildman–Crippen MR) is 141 cm³/mol. The highest BCUT2D eigenvalue weighted by molar-refractivity contribution is 8.18. The van der Waals surface area contributed by atoms with Crippen molar-refractivity contribution in [3.05, 3.63) is 57.0 Å². The summed E-state index contributed by atoms with van der Waals surface area (Å²) in [5, 5.41) is 11.4. The lowest BCUT2D eigenvalue weighted by atomic mass is 9.87. The number of aliphatic carboxylic acids is 1. The van der Waals surface area contributed by atoms with E-state index in [1.165, 1.54) is 0 Å². The van der Waals surface area contributed by atoms with Crippen LogP contribution in [0.1, 0.15) is 55.0 Å². The van der Waals surface area contributed by atoms with E-state index < -0.39 is 17.2 Å². The van der Waals surface area contributed by atoms with Crippen LogP contribution in [-0.4, -0.2) is 40.0 Å². The van der Waals surface area contributed by atoms with E-state index in [1.807, 2.05) is 52.0 Å². The minimum atomic E-state index is -1.35. The topological polar surface area (TPSA) is 111 Å². The molecule has 37 heavy (non-hydrogen) atoms. The van der Waals surface area contributed by atoms with Crippen LogP contribution in [0.25, 0.3) is 6.08 Å². The quantitative estimate of drug-likeness (QED) is 0.466. The second-order valence-electron chi connectivity index (χ2n) is 10.2. The van der Waals surface area contributed by atoms with Gasteiger partial charge in [0.15, 0.2) is 5.60 Å². The third kappa shape index (κ3) is 5.46. The largest absolute Gasteiger partial charge is 0.489 e. The molecular formula is C28H31NO7S. The van der Waals surface area contributed by atoms with Crippen molar-refractivity contribution < 1.29 is 33.7 Å². The van der Waals surface area contributed by atoms with E-state index in [2.05, 4.69) is 5.32 Å². The van der Waals surface area contributed by atoms with Crippen molar-refractivity contribution >= 4 is 35.0 Å². The predicted octanol–water partition coefficient (Wildman–Crippen LogP) is 5.34. The minimum Gasteiger partial charge on any atom is -0.489 e. The Labute approximate surface area is 220 Å². The van der Waals surface area contributed by atoms with Crippen molar-refractivity contribution in [3.63, 3.8) is 0 Å². The van der Waals surface area contributed by atoms with Gasteiger partial charge < -0.3 is 19.3 Å². The van der Waals surface area contributed by atoms with Crippen molar-refractivity contribution in [1.82, 2.24) is 5.32 Å². The van der Waals surface area contributed by atoms with Gasteiger partial charge in [0, 0.05) is 5.56 Å². The molecule has 4 rings (SSSR count). The Kier molecular flexibility index (Phi) is 7.03. The number of amides is 2. The van der Waals surface area contributed by atoms with Gasteiger partial charge in [0.05, 0.1) is 4.91 Å². The third-order valence-corrected chi connectivity index (χ3v) is 7.61. The zero-order chi connectivity index (χ0) is 27.1. The van der Waals surface area contributed by atoms with Crippen LogP contribution >= 0.6 is 11.8 Å². The number of thioether (sulfide) groups is 1. The third-order valence-electron chi connectivity index (χ3n) is 6.80. The van der Waals surface area contributed by atoms with Gasteiger partial charge in [0.2, 0.25) is 0 Å². The first kappa shape index (κ1) is 26.6. The minimum absolute atomic E-state index is 0.335. The van der Waals surface area contributed by atoms with E-state index in [0.717, 1.165) is 58.2 Å². The van der Waals surface area contributed by atoms with Crippen molar-refractivity contribution in [1.29, 1.82) is 0 Å². The Bertz CT molecular complexity index is 1310. The fourth-order valence-corrected chi connectivity index (χ4v) is 4.99. The monoisotopic (exact) mass is 525 g/mol. The number of fused-ring (bicyclic) bond motifs is 1. The summed E-state index contributed by atoms with van der Waals surface area (Å²) in [4.78, 5) is 35.1. The lowest BCUT2D eigenvalue weighted by molar-refractivity contribution is -0.152. The van der Waals surface area contributed by atoms with E-state index in [-0.39, 0.29) is 11.1 Å². The van der Waals surface area contributed by atoms with Gasteiger partial charge in [-0.05, 0) is 107 Å². The Morgan fingerprint density at radius 3 is 2.43 bits per heavy atom. The summed E-state index contributed by atoms with van der Waals surface area (Å²) in [6.07, 6.45) is 3.13. The first-order valence-electron chi connectivity index (χ1n) is 12.0. The number of carbonyl (C=O) groups is 3. The van der Waals surface area contributed by atoms with Crippen LogP contribution in [0.3, 0.4) is 0 Å². The number of nitrogens with one attached hydrogen (secondary N) is 1. The van der Waals surface area contributed by atoms with E-state index in [4.69, 9.17) is 14.2 Å². The first-order chi connectivity index (χ1) is 17.3. The van der Waals surface area contributed by atoms with Gasteiger partial charge in [-0.1, -0.05) is 12.1 Å². The molecule has 2 N–H and O–H groups in total. The maximum Gasteiger partial charge on any atom is 0.347 e. The van der Waals surface area contributed by atoms with E-state index in [1.54, 1.807) is 19.9 Å². The van der Waals surface area contributed by atoms with Gasteiger partial charge in [-0.2, -0.15) is 0 Å². The smallest absolute Gasteiger partial charge is 0.347 e. The highest BCUT2D eigenvalue weighted by atomic mass is 32.2. The second kappa shape index (κ2) is 9.78. The molecule has 9 heteroatoms. The maximum atomic E-state index is 11.7. The zero-order valence-electron chi connectivity index (χ0n) is 21.8. The highest BCUT2D eigenvalue weighted by Gasteiger charge is 2.37. The van der Waals surface area contributed by atoms with Gasteiger partial charge in [-0.25, -0.2) is 4.79 Å². The average Bonchev–Trinajstić information content (AvgIpc) is 3.16. The molecule has 2 heterocycles. The summed E-state index contributed by atoms with van der Waals surface area (Å²) in [5.74, 6) is 0.659. The molecule has 0 saturated carbocycles. The number of hydrogen-bond acceptors (Lipinski definition) is 7. The molecule has 2 aromatic carbocycles. The molecule has 0 spiro atoms. The highest BCUT2D eigenvalue weighted by Crippen LogP contribution is 2.44. The van der Waals surface area contributed by atoms with E-state index >= 15 is 0 Å². The number of ether oxygens (including phenoxy) is 3. The molecule has 1 unspecified atom stereocenters. The number of carboxylic acid groups (broad SMARTS) is 1. The summed E-state index contributed by atoms with van der Waals surface area (Å²) in [6.45, 7) is 11.3. The van der Waals surface area contributed by atoms with Crippen LogP contribution in [0, 0.1) is 20.8 Å². The lowest BCUT2D eigenvalue weighted by Gasteiger charge is -2.38. The summed E-state index contributed by atoms with van der Waals surface area (Å²) < 4.78 is 18.6. The molecule has 2 aliphatic rings. The van der Waals surface area contributed by atoms with E-state index in [9.17, 15) is 19.5 Å². The van der Waals surface area contributed by atoms with Crippen LogP contribution in [-0.2, 0) is 16.0 Å². The molecule has 196 valence electrons. The molecular weight excluding hydrogens is 494 g/mol. The number of carboxylic acids is 1. The van der Waals surface area contributed by atoms with Crippen molar-refractivity contribution in [2.24, 2.45) is 0 Å². The molecule has 2 aliphatic heterocycles. The lowest BCUT2D eigenvalue weighted by Crippen LogP contribution is -2.43. The Morgan fingerprint density at radius 2 is 1.84 bits per heavy atom. The molecule has 8 nitrogen and oxygen atoms in total. The van der Waals surface area contributed by atoms with Crippen LogP contribution in [0.2, 0.25) is 0 Å². The second-order valence-corrected chi connectivity index (χ2v) is 11.2. The van der Waals surface area contributed by atoms with Gasteiger partial charge in [0.25, 0.3) is 11.1 Å². The maximum absolute atomic E-state index is 11.7. The van der Waals surface area contributed by atoms with Crippen LogP contribution in [0.15, 0.2) is 29.2 Å². The van der Waals surface area contributed by atoms with Crippen LogP contribution in [0.4, 0.5) is 4.79 Å². The number of benzene rings is 2. The van der Waals surface area contributed by atoms with Gasteiger partial charge in [-0.15, -0.1) is 0 Å². The molecule has 2 amide bonds. The summed E-state index contributed by atoms with van der Waals surface area (Å²) in [7, 11) is 0. The standard InChI is InChI=1S/C28H31NO7S/c1-15-16(2)23-20(17(3)22(15)35-27(4,5)25(31)32)11-12-28(6,36-23)14-34-19-9-7-18(8-10-19)13-21-24(30)29-26(33)37-21/h7-10,13H,11-12,14H2,1-6H3,(H,31,32)(H,29,30,33)/b21-13+. The van der Waals surface area contributed by atoms with Crippen LogP contribution < -0.4 is 19.5 Å². The van der Waals surface area contributed by atoms with Crippen molar-refractivity contribution in [3.8, 4) is 17.2 Å². The fourth-order valence-electron chi connectivity index (χ4n) is 4.30. The number of carbonyl (C=O) groups excluding carboxylic acids is 2. The van der Waals surface area contributed by atoms with Crippen molar-refractivity contribution in [2.75, 3.05) is 6.61 Å². The number of rotatable bonds is 7. The van der Waals surface area contributed by atoms with E-state index in [0.29, 0.717) is 23.0 Å². The van der Waals surface area contributed by atoms with Gasteiger partial charge in [-0.3, -0.25) is 14.9 Å². The summed E-state index contributed by atoms with van der Waals surface area (Å²) >= 11 is 0.883. The average molecular weight is 526 g/mol. The number of imide groups is 1. The van der Waals surface area contributed by atoms with Crippen LogP contribution in [0.5, 0.6) is 17.2 Å². The molecule has 2 aromatic rings. The molecule has 1 atom stereocenters. The van der Waals surface area contributed by atoms with Gasteiger partial charge >= 0.3 is 5.97 Å². The Hall–Kier alpha value is -3.46. The Balaban J connectivity index is 1.47. The molecule has 0 bridgehead atoms. The zero-order valence-corrected chi connectivity index (χ0v) is 22.6. The molecule has 1 saturated heterocycles. The first-order valence-corrected chi connectivity index (χ1v) is 12.8. The Morgan fingerprint density at radius 1 is 1.16 bits per heavy atom. The number of hydrogen-bond donors (Lipinski definition) is 2. The molecule has 1 fully saturated rings. The SMILES string of the molecule is Cc1c(C)c2c(c(C)c1OC(C)(C)C(=O)O)CCC(C)(COc1ccc(/C=C3/SC(=O)NC3=O)cc1)O2. The van der Waals surface area contributed by atoms with Crippen molar-refractivity contribution in [2.45, 2.75) is 65.6 Å². The molecule has 0 aliphatic carbocycles. The summed E-state index contributed by atoms with van der Waals surface area (Å²) in [5.41, 5.74) is 2.60. The molecule has 0 aromatic heterocycles. The summed E-state index contributed by atoms with van der Waals surface area (Å²) in [6, 6.07) is 7.29. The fraction of sp³-hybridized carbons (Fsp3) is 0.393. The van der Waals surface area contributed by atoms with Gasteiger partial charge in [0.1, 0.15) is 29.5 Å². The molecule has 0 radical (unpaired) electrons.